The van der Waals surface area contributed by atoms with E-state index in [1.807, 2.05) is 0 Å². The molecular formula is C17H17NO7. The zero-order valence-corrected chi connectivity index (χ0v) is 13.1. The molecule has 8 nitrogen and oxygen atoms in total. The third kappa shape index (κ3) is 3.53. The van der Waals surface area contributed by atoms with Crippen molar-refractivity contribution in [1.29, 1.82) is 0 Å². The molecule has 0 aromatic heterocycles. The number of rotatable bonds is 4. The van der Waals surface area contributed by atoms with Gasteiger partial charge in [0.05, 0.1) is 6.10 Å². The number of phenols is 3. The van der Waals surface area contributed by atoms with E-state index in [9.17, 15) is 25.2 Å². The minimum Gasteiger partial charge on any atom is -0.504 e. The molecule has 1 unspecified atom stereocenters. The Labute approximate surface area is 142 Å². The summed E-state index contributed by atoms with van der Waals surface area (Å²) in [5.74, 6) is -1.42. The molecular weight excluding hydrogens is 330 g/mol. The molecule has 5 N–H and O–H groups in total. The second kappa shape index (κ2) is 6.78. The van der Waals surface area contributed by atoms with Gasteiger partial charge >= 0.3 is 0 Å². The molecule has 1 aliphatic rings. The van der Waals surface area contributed by atoms with Crippen LogP contribution in [-0.2, 0) is 0 Å². The topological polar surface area (TPSA) is 128 Å². The van der Waals surface area contributed by atoms with E-state index in [1.165, 1.54) is 0 Å². The number of carbonyl (C=O) groups excluding carboxylic acids is 1. The molecule has 1 heterocycles. The summed E-state index contributed by atoms with van der Waals surface area (Å²) in [5, 5.41) is 40.9. The molecule has 0 saturated heterocycles. The van der Waals surface area contributed by atoms with Crippen LogP contribution in [0.1, 0.15) is 22.0 Å². The van der Waals surface area contributed by atoms with Crippen molar-refractivity contribution in [1.82, 2.24) is 5.32 Å². The van der Waals surface area contributed by atoms with Crippen LogP contribution in [0.3, 0.4) is 0 Å². The standard InChI is InChI=1S/C17H17NO7/c19-11-5-10(6-12(20)16(11)22)17(23)18-8-13(21)9-1-2-14-15(7-9)25-4-3-24-14/h1-2,5-7,13,19-22H,3-4,8H2,(H,18,23). The van der Waals surface area contributed by atoms with Crippen LogP contribution in [0, 0.1) is 0 Å². The minimum atomic E-state index is -0.987. The third-order valence-electron chi connectivity index (χ3n) is 3.74. The molecule has 0 fully saturated rings. The summed E-state index contributed by atoms with van der Waals surface area (Å²) >= 11 is 0. The summed E-state index contributed by atoms with van der Waals surface area (Å²) in [7, 11) is 0. The van der Waals surface area contributed by atoms with Gasteiger partial charge in [-0.25, -0.2) is 0 Å². The molecule has 3 rings (SSSR count). The second-order valence-corrected chi connectivity index (χ2v) is 5.49. The van der Waals surface area contributed by atoms with E-state index in [2.05, 4.69) is 5.32 Å². The van der Waals surface area contributed by atoms with Crippen molar-refractivity contribution in [3.8, 4) is 28.7 Å². The summed E-state index contributed by atoms with van der Waals surface area (Å²) in [5.41, 5.74) is 0.489. The van der Waals surface area contributed by atoms with Crippen LogP contribution in [0.15, 0.2) is 30.3 Å². The molecule has 132 valence electrons. The van der Waals surface area contributed by atoms with Gasteiger partial charge in [-0.2, -0.15) is 0 Å². The molecule has 1 aliphatic heterocycles. The van der Waals surface area contributed by atoms with Gasteiger partial charge in [0.1, 0.15) is 13.2 Å². The van der Waals surface area contributed by atoms with Crippen LogP contribution < -0.4 is 14.8 Å². The largest absolute Gasteiger partial charge is 0.504 e. The van der Waals surface area contributed by atoms with Crippen LogP contribution in [0.25, 0.3) is 0 Å². The van der Waals surface area contributed by atoms with Crippen LogP contribution in [-0.4, -0.2) is 46.1 Å². The number of nitrogens with one attached hydrogen (secondary N) is 1. The van der Waals surface area contributed by atoms with Gasteiger partial charge in [-0.1, -0.05) is 6.07 Å². The average molecular weight is 347 g/mol. The molecule has 0 spiro atoms. The lowest BCUT2D eigenvalue weighted by Crippen LogP contribution is -2.28. The summed E-state index contributed by atoms with van der Waals surface area (Å²) in [6, 6.07) is 7.03. The van der Waals surface area contributed by atoms with Crippen molar-refractivity contribution in [3.05, 3.63) is 41.5 Å². The normalized spacial score (nSPS) is 14.0. The van der Waals surface area contributed by atoms with Crippen molar-refractivity contribution in [2.24, 2.45) is 0 Å². The second-order valence-electron chi connectivity index (χ2n) is 5.49. The van der Waals surface area contributed by atoms with E-state index in [4.69, 9.17) is 9.47 Å². The highest BCUT2D eigenvalue weighted by Gasteiger charge is 2.18. The Morgan fingerprint density at radius 1 is 1.04 bits per heavy atom. The maximum atomic E-state index is 12.1. The van der Waals surface area contributed by atoms with E-state index in [0.717, 1.165) is 12.1 Å². The first kappa shape index (κ1) is 16.7. The predicted molar refractivity (Wildman–Crippen MR) is 86.2 cm³/mol. The van der Waals surface area contributed by atoms with Crippen LogP contribution in [0.4, 0.5) is 0 Å². The number of ether oxygens (including phenoxy) is 2. The number of amides is 1. The van der Waals surface area contributed by atoms with Gasteiger partial charge in [0.2, 0.25) is 0 Å². The Bertz CT molecular complexity index is 783. The first-order valence-electron chi connectivity index (χ1n) is 7.56. The van der Waals surface area contributed by atoms with Gasteiger partial charge in [0.15, 0.2) is 28.7 Å². The predicted octanol–water partition coefficient (Wildman–Crippen LogP) is 1.04. The maximum Gasteiger partial charge on any atom is 0.251 e. The quantitative estimate of drug-likeness (QED) is 0.523. The number of aromatic hydroxyl groups is 3. The fourth-order valence-electron chi connectivity index (χ4n) is 2.41. The molecule has 0 aliphatic carbocycles. The number of phenolic OH excluding ortho intramolecular Hbond substituents is 3. The van der Waals surface area contributed by atoms with Gasteiger partial charge in [0.25, 0.3) is 5.91 Å². The minimum absolute atomic E-state index is 0.0535. The van der Waals surface area contributed by atoms with Crippen molar-refractivity contribution in [2.45, 2.75) is 6.10 Å². The molecule has 2 aromatic rings. The SMILES string of the molecule is O=C(NCC(O)c1ccc2c(c1)OCCO2)c1cc(O)c(O)c(O)c1. The van der Waals surface area contributed by atoms with Gasteiger partial charge in [-0.05, 0) is 29.8 Å². The lowest BCUT2D eigenvalue weighted by Gasteiger charge is -2.20. The Morgan fingerprint density at radius 3 is 2.36 bits per heavy atom. The summed E-state index contributed by atoms with van der Waals surface area (Å²) in [6.45, 7) is 0.801. The Morgan fingerprint density at radius 2 is 1.68 bits per heavy atom. The van der Waals surface area contributed by atoms with Gasteiger partial charge in [-0.3, -0.25) is 4.79 Å². The molecule has 8 heteroatoms. The van der Waals surface area contributed by atoms with Gasteiger partial charge < -0.3 is 35.2 Å². The number of hydrogen-bond acceptors (Lipinski definition) is 7. The monoisotopic (exact) mass is 347 g/mol. The van der Waals surface area contributed by atoms with E-state index < -0.39 is 29.3 Å². The first-order valence-corrected chi connectivity index (χ1v) is 7.56. The number of hydrogen-bond donors (Lipinski definition) is 5. The van der Waals surface area contributed by atoms with Crippen molar-refractivity contribution >= 4 is 5.91 Å². The van der Waals surface area contributed by atoms with Gasteiger partial charge in [-0.15, -0.1) is 0 Å². The molecule has 1 atom stereocenters. The molecule has 2 aromatic carbocycles. The first-order chi connectivity index (χ1) is 12.0. The van der Waals surface area contributed by atoms with E-state index in [1.54, 1.807) is 18.2 Å². The number of aliphatic hydroxyl groups excluding tert-OH is 1. The number of aliphatic hydroxyl groups is 1. The van der Waals surface area contributed by atoms with Gasteiger partial charge in [0, 0.05) is 12.1 Å². The molecule has 0 saturated carbocycles. The van der Waals surface area contributed by atoms with Crippen molar-refractivity contribution in [3.63, 3.8) is 0 Å². The molecule has 0 radical (unpaired) electrons. The lowest BCUT2D eigenvalue weighted by atomic mass is 10.1. The van der Waals surface area contributed by atoms with E-state index >= 15 is 0 Å². The van der Waals surface area contributed by atoms with Crippen molar-refractivity contribution < 1.29 is 34.7 Å². The summed E-state index contributed by atoms with van der Waals surface area (Å²) in [4.78, 5) is 12.1. The summed E-state index contributed by atoms with van der Waals surface area (Å²) in [6.07, 6.45) is -0.987. The Kier molecular flexibility index (Phi) is 4.53. The third-order valence-corrected chi connectivity index (χ3v) is 3.74. The fraction of sp³-hybridized carbons (Fsp3) is 0.235. The van der Waals surface area contributed by atoms with Crippen LogP contribution in [0.5, 0.6) is 28.7 Å². The number of fused-ring (bicyclic) bond motifs is 1. The lowest BCUT2D eigenvalue weighted by molar-refractivity contribution is 0.0915. The van der Waals surface area contributed by atoms with Crippen LogP contribution in [0.2, 0.25) is 0 Å². The van der Waals surface area contributed by atoms with E-state index in [-0.39, 0.29) is 12.1 Å². The zero-order chi connectivity index (χ0) is 18.0. The highest BCUT2D eigenvalue weighted by Crippen LogP contribution is 2.35. The maximum absolute atomic E-state index is 12.1. The Balaban J connectivity index is 1.66. The van der Waals surface area contributed by atoms with Crippen LogP contribution >= 0.6 is 0 Å². The summed E-state index contributed by atoms with van der Waals surface area (Å²) < 4.78 is 10.8. The highest BCUT2D eigenvalue weighted by molar-refractivity contribution is 5.95. The zero-order valence-electron chi connectivity index (χ0n) is 13.1. The average Bonchev–Trinajstić information content (AvgIpc) is 2.63. The smallest absolute Gasteiger partial charge is 0.251 e. The Hall–Kier alpha value is -3.13. The number of benzene rings is 2. The highest BCUT2D eigenvalue weighted by atomic mass is 16.6. The van der Waals surface area contributed by atoms with E-state index in [0.29, 0.717) is 30.3 Å². The molecule has 0 bridgehead atoms. The van der Waals surface area contributed by atoms with Crippen molar-refractivity contribution in [2.75, 3.05) is 19.8 Å². The molecule has 25 heavy (non-hydrogen) atoms. The number of carbonyl (C=O) groups is 1. The molecule has 1 amide bonds. The fourth-order valence-corrected chi connectivity index (χ4v) is 2.41.